The third-order valence-electron chi connectivity index (χ3n) is 2.46. The summed E-state index contributed by atoms with van der Waals surface area (Å²) in [7, 11) is 0. The Balaban J connectivity index is 2.22. The molecule has 0 atom stereocenters. The highest BCUT2D eigenvalue weighted by molar-refractivity contribution is 5.67. The van der Waals surface area contributed by atoms with Crippen molar-refractivity contribution in [3.05, 3.63) is 46.5 Å². The molecular weight excluding hydrogens is 220 g/mol. The zero-order chi connectivity index (χ0) is 12.3. The van der Waals surface area contributed by atoms with Gasteiger partial charge in [0, 0.05) is 12.6 Å². The number of aliphatic carboxylic acids is 1. The number of rotatable bonds is 4. The minimum Gasteiger partial charge on any atom is -0.481 e. The van der Waals surface area contributed by atoms with Crippen molar-refractivity contribution in [2.45, 2.75) is 12.8 Å². The summed E-state index contributed by atoms with van der Waals surface area (Å²) in [4.78, 5) is 26.6. The Morgan fingerprint density at radius 1 is 1.35 bits per heavy atom. The number of benzene rings is 1. The first-order chi connectivity index (χ1) is 8.15. The Morgan fingerprint density at radius 3 is 2.82 bits per heavy atom. The van der Waals surface area contributed by atoms with Crippen LogP contribution in [-0.4, -0.2) is 21.0 Å². The van der Waals surface area contributed by atoms with Gasteiger partial charge in [-0.25, -0.2) is 4.79 Å². The number of carboxylic acids is 1. The summed E-state index contributed by atoms with van der Waals surface area (Å²) in [6, 6.07) is 7.46. The highest BCUT2D eigenvalue weighted by atomic mass is 16.4. The molecule has 1 aromatic carbocycles. The van der Waals surface area contributed by atoms with Crippen LogP contribution in [-0.2, 0) is 11.2 Å². The molecule has 0 unspecified atom stereocenters. The highest BCUT2D eigenvalue weighted by Gasteiger charge is 2.03. The zero-order valence-corrected chi connectivity index (χ0v) is 9.06. The van der Waals surface area contributed by atoms with Crippen molar-refractivity contribution in [1.29, 1.82) is 0 Å². The molecule has 0 saturated carbocycles. The molecule has 88 valence electrons. The molecule has 0 spiro atoms. The lowest BCUT2D eigenvalue weighted by Gasteiger charge is -2.02. The normalized spacial score (nSPS) is 10.4. The topological polar surface area (TPSA) is 85.9 Å². The first kappa shape index (κ1) is 11.2. The Hall–Kier alpha value is -2.30. The molecule has 0 aliphatic heterocycles. The van der Waals surface area contributed by atoms with Gasteiger partial charge in [0.2, 0.25) is 0 Å². The van der Waals surface area contributed by atoms with E-state index < -0.39 is 5.97 Å². The van der Waals surface area contributed by atoms with E-state index in [-0.39, 0.29) is 12.1 Å². The van der Waals surface area contributed by atoms with E-state index in [1.54, 1.807) is 6.20 Å². The first-order valence-corrected chi connectivity index (χ1v) is 5.24. The fourth-order valence-corrected chi connectivity index (χ4v) is 1.63. The molecule has 17 heavy (non-hydrogen) atoms. The first-order valence-electron chi connectivity index (χ1n) is 5.24. The van der Waals surface area contributed by atoms with Crippen LogP contribution in [0.25, 0.3) is 11.3 Å². The predicted molar refractivity (Wildman–Crippen MR) is 62.8 cm³/mol. The molecule has 0 fully saturated rings. The molecule has 0 amide bonds. The molecule has 1 aromatic heterocycles. The lowest BCUT2D eigenvalue weighted by atomic mass is 10.1. The summed E-state index contributed by atoms with van der Waals surface area (Å²) in [6.45, 7) is 0. The fraction of sp³-hybridized carbons (Fsp3) is 0.167. The van der Waals surface area contributed by atoms with Crippen molar-refractivity contribution in [3.63, 3.8) is 0 Å². The summed E-state index contributed by atoms with van der Waals surface area (Å²) in [6.07, 6.45) is 2.18. The Labute approximate surface area is 97.1 Å². The van der Waals surface area contributed by atoms with Crippen LogP contribution in [0.4, 0.5) is 0 Å². The lowest BCUT2D eigenvalue weighted by molar-refractivity contribution is -0.136. The van der Waals surface area contributed by atoms with Gasteiger partial charge in [-0.2, -0.15) is 0 Å². The molecule has 3 N–H and O–H groups in total. The SMILES string of the molecule is O=C(O)CCc1cccc(-c2c[nH]c(=O)[nH]2)c1. The molecule has 0 saturated heterocycles. The van der Waals surface area contributed by atoms with E-state index >= 15 is 0 Å². The molecule has 0 bridgehead atoms. The molecule has 0 radical (unpaired) electrons. The average Bonchev–Trinajstić information content (AvgIpc) is 2.74. The number of hydrogen-bond acceptors (Lipinski definition) is 2. The maximum absolute atomic E-state index is 11.0. The molecule has 2 aromatic rings. The van der Waals surface area contributed by atoms with Crippen LogP contribution in [0.15, 0.2) is 35.3 Å². The zero-order valence-electron chi connectivity index (χ0n) is 9.06. The van der Waals surface area contributed by atoms with E-state index in [2.05, 4.69) is 9.97 Å². The minimum atomic E-state index is -0.814. The molecular formula is C12H12N2O3. The van der Waals surface area contributed by atoms with Crippen molar-refractivity contribution in [2.24, 2.45) is 0 Å². The predicted octanol–water partition coefficient (Wildman–Crippen LogP) is 1.39. The van der Waals surface area contributed by atoms with Gasteiger partial charge in [0.05, 0.1) is 5.69 Å². The number of nitrogens with one attached hydrogen (secondary N) is 2. The van der Waals surface area contributed by atoms with Gasteiger partial charge in [0.15, 0.2) is 0 Å². The van der Waals surface area contributed by atoms with Crippen molar-refractivity contribution in [2.75, 3.05) is 0 Å². The minimum absolute atomic E-state index is 0.104. The van der Waals surface area contributed by atoms with Gasteiger partial charge in [-0.1, -0.05) is 18.2 Å². The van der Waals surface area contributed by atoms with Crippen LogP contribution in [0.5, 0.6) is 0 Å². The van der Waals surface area contributed by atoms with Crippen molar-refractivity contribution < 1.29 is 9.90 Å². The number of aromatic nitrogens is 2. The van der Waals surface area contributed by atoms with Gasteiger partial charge in [-0.05, 0) is 23.6 Å². The smallest absolute Gasteiger partial charge is 0.323 e. The van der Waals surface area contributed by atoms with Gasteiger partial charge in [0.1, 0.15) is 0 Å². The summed E-state index contributed by atoms with van der Waals surface area (Å²) in [5.41, 5.74) is 2.25. The summed E-state index contributed by atoms with van der Waals surface area (Å²) >= 11 is 0. The second kappa shape index (κ2) is 4.69. The quantitative estimate of drug-likeness (QED) is 0.744. The summed E-state index contributed by atoms with van der Waals surface area (Å²) in [5.74, 6) is -0.814. The number of hydrogen-bond donors (Lipinski definition) is 3. The Morgan fingerprint density at radius 2 is 2.18 bits per heavy atom. The highest BCUT2D eigenvalue weighted by Crippen LogP contribution is 2.17. The van der Waals surface area contributed by atoms with Crippen LogP contribution >= 0.6 is 0 Å². The van der Waals surface area contributed by atoms with Gasteiger partial charge >= 0.3 is 11.7 Å². The summed E-state index contributed by atoms with van der Waals surface area (Å²) < 4.78 is 0. The summed E-state index contributed by atoms with van der Waals surface area (Å²) in [5, 5.41) is 8.61. The van der Waals surface area contributed by atoms with Crippen LogP contribution in [0.3, 0.4) is 0 Å². The number of H-pyrrole nitrogens is 2. The van der Waals surface area contributed by atoms with Gasteiger partial charge < -0.3 is 15.1 Å². The number of aryl methyl sites for hydroxylation is 1. The van der Waals surface area contributed by atoms with Crippen LogP contribution < -0.4 is 5.69 Å². The second-order valence-corrected chi connectivity index (χ2v) is 3.75. The molecule has 0 aliphatic carbocycles. The third-order valence-corrected chi connectivity index (χ3v) is 2.46. The molecule has 1 heterocycles. The van der Waals surface area contributed by atoms with E-state index in [1.165, 1.54) is 0 Å². The van der Waals surface area contributed by atoms with Crippen molar-refractivity contribution in [3.8, 4) is 11.3 Å². The van der Waals surface area contributed by atoms with Crippen LogP contribution in [0, 0.1) is 0 Å². The van der Waals surface area contributed by atoms with Gasteiger partial charge in [-0.15, -0.1) is 0 Å². The molecule has 5 heteroatoms. The van der Waals surface area contributed by atoms with Crippen molar-refractivity contribution in [1.82, 2.24) is 9.97 Å². The fourth-order valence-electron chi connectivity index (χ4n) is 1.63. The monoisotopic (exact) mass is 232 g/mol. The number of imidazole rings is 1. The average molecular weight is 232 g/mol. The van der Waals surface area contributed by atoms with E-state index in [9.17, 15) is 9.59 Å². The maximum atomic E-state index is 11.0. The van der Waals surface area contributed by atoms with E-state index in [1.807, 2.05) is 24.3 Å². The Kier molecular flexibility index (Phi) is 3.09. The van der Waals surface area contributed by atoms with Crippen molar-refractivity contribution >= 4 is 5.97 Å². The van der Waals surface area contributed by atoms with E-state index in [0.29, 0.717) is 12.1 Å². The van der Waals surface area contributed by atoms with E-state index in [0.717, 1.165) is 11.1 Å². The molecule has 2 rings (SSSR count). The number of carboxylic acid groups (broad SMARTS) is 1. The largest absolute Gasteiger partial charge is 0.481 e. The van der Waals surface area contributed by atoms with Crippen LogP contribution in [0.1, 0.15) is 12.0 Å². The number of carbonyl (C=O) groups is 1. The maximum Gasteiger partial charge on any atom is 0.323 e. The number of aromatic amines is 2. The Bertz CT molecular complexity index is 583. The second-order valence-electron chi connectivity index (χ2n) is 3.75. The molecule has 5 nitrogen and oxygen atoms in total. The lowest BCUT2D eigenvalue weighted by Crippen LogP contribution is -2.00. The third kappa shape index (κ3) is 2.84. The molecule has 0 aliphatic rings. The standard InChI is InChI=1S/C12H12N2O3/c15-11(16)5-4-8-2-1-3-9(6-8)10-7-13-12(17)14-10/h1-3,6-7H,4-5H2,(H,15,16)(H2,13,14,17). The van der Waals surface area contributed by atoms with E-state index in [4.69, 9.17) is 5.11 Å². The van der Waals surface area contributed by atoms with Gasteiger partial charge in [-0.3, -0.25) is 4.79 Å². The van der Waals surface area contributed by atoms with Gasteiger partial charge in [0.25, 0.3) is 0 Å². The van der Waals surface area contributed by atoms with Crippen LogP contribution in [0.2, 0.25) is 0 Å².